The zero-order valence-electron chi connectivity index (χ0n) is 11.8. The highest BCUT2D eigenvalue weighted by atomic mass is 16.5. The van der Waals surface area contributed by atoms with Crippen molar-refractivity contribution in [2.75, 3.05) is 7.05 Å². The molecule has 6 heteroatoms. The van der Waals surface area contributed by atoms with E-state index in [0.29, 0.717) is 5.76 Å². The summed E-state index contributed by atoms with van der Waals surface area (Å²) in [5.41, 5.74) is 0.954. The second-order valence-corrected chi connectivity index (χ2v) is 4.78. The number of hydrogen-bond donors (Lipinski definition) is 1. The summed E-state index contributed by atoms with van der Waals surface area (Å²) >= 11 is 0. The summed E-state index contributed by atoms with van der Waals surface area (Å²) in [5, 5.41) is 13.0. The molecule has 0 aliphatic carbocycles. The molecule has 0 saturated carbocycles. The Balaban J connectivity index is 2.18. The largest absolute Gasteiger partial charge is 0.480 e. The number of carbonyl (C=O) groups is 2. The predicted molar refractivity (Wildman–Crippen MR) is 74.9 cm³/mol. The van der Waals surface area contributed by atoms with E-state index in [0.717, 1.165) is 5.56 Å². The minimum Gasteiger partial charge on any atom is -0.480 e. The van der Waals surface area contributed by atoms with E-state index >= 15 is 0 Å². The van der Waals surface area contributed by atoms with Gasteiger partial charge in [-0.3, -0.25) is 4.79 Å². The van der Waals surface area contributed by atoms with Crippen LogP contribution in [0.2, 0.25) is 0 Å². The standard InChI is InChI=1S/C15H16N2O4/c1-10-8-12(16-21-10)14(18)17(2)13(15(19)20)9-11-6-4-3-5-7-11/h3-8,13H,9H2,1-2H3,(H,19,20). The molecule has 1 aromatic heterocycles. The number of hydrogen-bond acceptors (Lipinski definition) is 4. The number of rotatable bonds is 5. The Hall–Kier alpha value is -2.63. The molecule has 0 fully saturated rings. The zero-order valence-corrected chi connectivity index (χ0v) is 11.8. The van der Waals surface area contributed by atoms with Crippen LogP contribution in [0.15, 0.2) is 40.9 Å². The van der Waals surface area contributed by atoms with Gasteiger partial charge in [0.25, 0.3) is 5.91 Å². The van der Waals surface area contributed by atoms with Crippen LogP contribution in [0.4, 0.5) is 0 Å². The predicted octanol–water partition coefficient (Wildman–Crippen LogP) is 1.75. The highest BCUT2D eigenvalue weighted by Crippen LogP contribution is 2.12. The van der Waals surface area contributed by atoms with Gasteiger partial charge in [0.1, 0.15) is 11.8 Å². The van der Waals surface area contributed by atoms with E-state index in [-0.39, 0.29) is 12.1 Å². The molecule has 21 heavy (non-hydrogen) atoms. The van der Waals surface area contributed by atoms with Gasteiger partial charge in [0.05, 0.1) is 0 Å². The smallest absolute Gasteiger partial charge is 0.326 e. The number of amides is 1. The lowest BCUT2D eigenvalue weighted by Gasteiger charge is -2.24. The van der Waals surface area contributed by atoms with Crippen LogP contribution in [-0.2, 0) is 11.2 Å². The topological polar surface area (TPSA) is 83.6 Å². The molecule has 2 rings (SSSR count). The number of carboxylic acids is 1. The van der Waals surface area contributed by atoms with E-state index in [1.54, 1.807) is 6.92 Å². The second kappa shape index (κ2) is 6.21. The number of benzene rings is 1. The molecule has 0 bridgehead atoms. The molecule has 0 saturated heterocycles. The maximum atomic E-state index is 12.2. The first-order valence-electron chi connectivity index (χ1n) is 6.46. The lowest BCUT2D eigenvalue weighted by atomic mass is 10.0. The fourth-order valence-electron chi connectivity index (χ4n) is 2.02. The summed E-state index contributed by atoms with van der Waals surface area (Å²) in [6.07, 6.45) is 0.231. The number of carboxylic acid groups (broad SMARTS) is 1. The molecule has 0 radical (unpaired) electrons. The van der Waals surface area contributed by atoms with Crippen LogP contribution >= 0.6 is 0 Å². The number of aromatic nitrogens is 1. The van der Waals surface area contributed by atoms with Crippen LogP contribution in [0.5, 0.6) is 0 Å². The fraction of sp³-hybridized carbons (Fsp3) is 0.267. The third kappa shape index (κ3) is 3.47. The SMILES string of the molecule is Cc1cc(C(=O)N(C)C(Cc2ccccc2)C(=O)O)no1. The van der Waals surface area contributed by atoms with E-state index in [1.807, 2.05) is 30.3 Å². The van der Waals surface area contributed by atoms with E-state index < -0.39 is 17.9 Å². The zero-order chi connectivity index (χ0) is 15.4. The Labute approximate surface area is 122 Å². The molecule has 1 aromatic carbocycles. The van der Waals surface area contributed by atoms with Gasteiger partial charge in [-0.2, -0.15) is 0 Å². The van der Waals surface area contributed by atoms with Crippen molar-refractivity contribution in [1.82, 2.24) is 10.1 Å². The first-order valence-corrected chi connectivity index (χ1v) is 6.46. The highest BCUT2D eigenvalue weighted by molar-refractivity contribution is 5.94. The minimum atomic E-state index is -1.06. The average molecular weight is 288 g/mol. The summed E-state index contributed by atoms with van der Waals surface area (Å²) in [6, 6.07) is 9.70. The molecule has 0 aliphatic heterocycles. The number of aryl methyl sites for hydroxylation is 1. The Morgan fingerprint density at radius 3 is 2.52 bits per heavy atom. The molecule has 0 aliphatic rings. The van der Waals surface area contributed by atoms with Crippen LogP contribution < -0.4 is 0 Å². The number of carbonyl (C=O) groups excluding carboxylic acids is 1. The van der Waals surface area contributed by atoms with Crippen molar-refractivity contribution in [1.29, 1.82) is 0 Å². The van der Waals surface area contributed by atoms with E-state index in [4.69, 9.17) is 4.52 Å². The van der Waals surface area contributed by atoms with Gasteiger partial charge in [0.15, 0.2) is 5.69 Å². The Morgan fingerprint density at radius 1 is 1.33 bits per heavy atom. The van der Waals surface area contributed by atoms with Crippen molar-refractivity contribution in [2.45, 2.75) is 19.4 Å². The molecular formula is C15H16N2O4. The van der Waals surface area contributed by atoms with Crippen LogP contribution in [-0.4, -0.2) is 40.1 Å². The fourth-order valence-corrected chi connectivity index (χ4v) is 2.02. The highest BCUT2D eigenvalue weighted by Gasteiger charge is 2.29. The number of aliphatic carboxylic acids is 1. The van der Waals surface area contributed by atoms with Crippen LogP contribution in [0, 0.1) is 6.92 Å². The molecule has 110 valence electrons. The second-order valence-electron chi connectivity index (χ2n) is 4.78. The Morgan fingerprint density at radius 2 is 2.00 bits per heavy atom. The van der Waals surface area contributed by atoms with Gasteiger partial charge in [0, 0.05) is 19.5 Å². The van der Waals surface area contributed by atoms with Gasteiger partial charge in [-0.1, -0.05) is 35.5 Å². The lowest BCUT2D eigenvalue weighted by molar-refractivity contribution is -0.141. The Kier molecular flexibility index (Phi) is 4.37. The molecular weight excluding hydrogens is 272 g/mol. The molecule has 1 amide bonds. The quantitative estimate of drug-likeness (QED) is 0.906. The summed E-state index contributed by atoms with van der Waals surface area (Å²) in [6.45, 7) is 1.67. The summed E-state index contributed by atoms with van der Waals surface area (Å²) in [5.74, 6) is -1.04. The van der Waals surface area contributed by atoms with Crippen molar-refractivity contribution < 1.29 is 19.2 Å². The normalized spacial score (nSPS) is 11.9. The van der Waals surface area contributed by atoms with Gasteiger partial charge in [-0.25, -0.2) is 4.79 Å². The monoisotopic (exact) mass is 288 g/mol. The van der Waals surface area contributed by atoms with Gasteiger partial charge in [-0.05, 0) is 12.5 Å². The molecule has 6 nitrogen and oxygen atoms in total. The third-order valence-corrected chi connectivity index (χ3v) is 3.19. The molecule has 1 atom stereocenters. The van der Waals surface area contributed by atoms with Gasteiger partial charge >= 0.3 is 5.97 Å². The molecule has 1 heterocycles. The van der Waals surface area contributed by atoms with Crippen molar-refractivity contribution in [3.05, 3.63) is 53.4 Å². The molecule has 1 N–H and O–H groups in total. The van der Waals surface area contributed by atoms with Crippen LogP contribution in [0.3, 0.4) is 0 Å². The minimum absolute atomic E-state index is 0.106. The first-order chi connectivity index (χ1) is 9.99. The maximum Gasteiger partial charge on any atom is 0.326 e. The van der Waals surface area contributed by atoms with Gasteiger partial charge < -0.3 is 14.5 Å². The molecule has 1 unspecified atom stereocenters. The van der Waals surface area contributed by atoms with Crippen LogP contribution in [0.25, 0.3) is 0 Å². The van der Waals surface area contributed by atoms with Crippen molar-refractivity contribution >= 4 is 11.9 Å². The maximum absolute atomic E-state index is 12.2. The average Bonchev–Trinajstić information content (AvgIpc) is 2.90. The summed E-state index contributed by atoms with van der Waals surface area (Å²) < 4.78 is 4.85. The van der Waals surface area contributed by atoms with Crippen molar-refractivity contribution in [3.8, 4) is 0 Å². The number of nitrogens with zero attached hydrogens (tertiary/aromatic N) is 2. The van der Waals surface area contributed by atoms with E-state index in [2.05, 4.69) is 5.16 Å². The summed E-state index contributed by atoms with van der Waals surface area (Å²) in [7, 11) is 1.45. The number of likely N-dealkylation sites (N-methyl/N-ethyl adjacent to an activating group) is 1. The molecule has 0 spiro atoms. The summed E-state index contributed by atoms with van der Waals surface area (Å²) in [4.78, 5) is 24.9. The Bertz CT molecular complexity index is 636. The molecule has 2 aromatic rings. The lowest BCUT2D eigenvalue weighted by Crippen LogP contribution is -2.44. The third-order valence-electron chi connectivity index (χ3n) is 3.19. The van der Waals surface area contributed by atoms with Crippen molar-refractivity contribution in [3.63, 3.8) is 0 Å². The first kappa shape index (κ1) is 14.8. The van der Waals surface area contributed by atoms with Crippen LogP contribution in [0.1, 0.15) is 21.8 Å². The van der Waals surface area contributed by atoms with Gasteiger partial charge in [-0.15, -0.1) is 0 Å². The van der Waals surface area contributed by atoms with E-state index in [9.17, 15) is 14.7 Å². The van der Waals surface area contributed by atoms with Crippen molar-refractivity contribution in [2.24, 2.45) is 0 Å². The van der Waals surface area contributed by atoms with E-state index in [1.165, 1.54) is 18.0 Å². The van der Waals surface area contributed by atoms with Gasteiger partial charge in [0.2, 0.25) is 0 Å².